The highest BCUT2D eigenvalue weighted by atomic mass is 31.2. The number of carbonyl (C=O) groups excluding carboxylic acids is 2. The Kier molecular flexibility index (Phi) is 46.6. The quantitative estimate of drug-likeness (QED) is 0.0161. The van der Waals surface area contributed by atoms with Gasteiger partial charge in [0.1, 0.15) is 19.3 Å². The molecule has 0 aliphatic heterocycles. The Morgan fingerprint density at radius 2 is 0.896 bits per heavy atom. The van der Waals surface area contributed by atoms with E-state index in [0.717, 1.165) is 83.5 Å². The highest BCUT2D eigenvalue weighted by Gasteiger charge is 2.27. The van der Waals surface area contributed by atoms with Crippen molar-refractivity contribution in [2.75, 3.05) is 40.9 Å². The van der Waals surface area contributed by atoms with E-state index in [1.54, 1.807) is 0 Å². The summed E-state index contributed by atoms with van der Waals surface area (Å²) >= 11 is 0. The minimum absolute atomic E-state index is 0.0229. The first-order valence-corrected chi connectivity index (χ1v) is 29.8. The largest absolute Gasteiger partial charge is 0.756 e. The van der Waals surface area contributed by atoms with Crippen LogP contribution in [0, 0.1) is 0 Å². The van der Waals surface area contributed by atoms with E-state index in [4.69, 9.17) is 13.8 Å². The Morgan fingerprint density at radius 1 is 0.522 bits per heavy atom. The van der Waals surface area contributed by atoms with E-state index in [9.17, 15) is 19.0 Å². The maximum atomic E-state index is 13.5. The van der Waals surface area contributed by atoms with Crippen LogP contribution in [-0.4, -0.2) is 69.4 Å². The van der Waals surface area contributed by atoms with Gasteiger partial charge in [-0.05, 0) is 57.4 Å². The fourth-order valence-electron chi connectivity index (χ4n) is 8.16. The van der Waals surface area contributed by atoms with Crippen molar-refractivity contribution in [3.05, 3.63) is 36.5 Å². The van der Waals surface area contributed by atoms with Crippen LogP contribution < -0.4 is 10.2 Å². The minimum Gasteiger partial charge on any atom is -0.756 e. The fraction of sp³-hybridized carbons (Fsp3) is 0.860. The van der Waals surface area contributed by atoms with Crippen molar-refractivity contribution in [3.63, 3.8) is 0 Å². The lowest BCUT2D eigenvalue weighted by Gasteiger charge is -2.30. The molecular weight excluding hydrogens is 856 g/mol. The normalized spacial score (nSPS) is 14.1. The summed E-state index contributed by atoms with van der Waals surface area (Å²) in [5, 5.41) is 3.01. The second-order valence-corrected chi connectivity index (χ2v) is 21.9. The second-order valence-electron chi connectivity index (χ2n) is 20.5. The summed E-state index contributed by atoms with van der Waals surface area (Å²) in [5.41, 5.74) is 0. The van der Waals surface area contributed by atoms with E-state index in [2.05, 4.69) is 50.4 Å². The number of phosphoric acid groups is 1. The molecule has 0 rings (SSSR count). The van der Waals surface area contributed by atoms with E-state index in [1.165, 1.54) is 148 Å². The van der Waals surface area contributed by atoms with Crippen LogP contribution in [0.25, 0.3) is 0 Å². The van der Waals surface area contributed by atoms with E-state index in [1.807, 2.05) is 33.3 Å². The number of quaternary nitrogens is 1. The zero-order valence-corrected chi connectivity index (χ0v) is 45.8. The third-order valence-corrected chi connectivity index (χ3v) is 13.6. The van der Waals surface area contributed by atoms with Crippen molar-refractivity contribution in [2.45, 2.75) is 277 Å². The zero-order chi connectivity index (χ0) is 49.4. The molecule has 67 heavy (non-hydrogen) atoms. The molecular formula is C57H109N2O7P. The number of amides is 1. The number of unbranched alkanes of at least 4 members (excludes halogenated alkanes) is 32. The molecule has 1 N–H and O–H groups in total. The topological polar surface area (TPSA) is 114 Å². The molecule has 3 atom stereocenters. The molecule has 9 nitrogen and oxygen atoms in total. The van der Waals surface area contributed by atoms with Crippen molar-refractivity contribution in [2.24, 2.45) is 0 Å². The van der Waals surface area contributed by atoms with Gasteiger partial charge in [-0.2, -0.15) is 0 Å². The van der Waals surface area contributed by atoms with Crippen LogP contribution in [0.5, 0.6) is 0 Å². The van der Waals surface area contributed by atoms with Crippen molar-refractivity contribution < 1.29 is 37.3 Å². The Hall–Kier alpha value is -1.77. The number of ether oxygens (including phenoxy) is 1. The Labute approximate surface area is 415 Å². The van der Waals surface area contributed by atoms with E-state index < -0.39 is 20.0 Å². The van der Waals surface area contributed by atoms with E-state index >= 15 is 0 Å². The average molecular weight is 965 g/mol. The molecule has 394 valence electrons. The summed E-state index contributed by atoms with van der Waals surface area (Å²) in [6.07, 6.45) is 55.2. The highest BCUT2D eigenvalue weighted by molar-refractivity contribution is 7.45. The predicted octanol–water partition coefficient (Wildman–Crippen LogP) is 16.1. The van der Waals surface area contributed by atoms with Gasteiger partial charge in [-0.3, -0.25) is 14.2 Å². The number of nitrogens with one attached hydrogen (secondary N) is 1. The maximum absolute atomic E-state index is 13.5. The molecule has 10 heteroatoms. The number of carbonyl (C=O) groups is 2. The molecule has 0 saturated heterocycles. The molecule has 0 saturated carbocycles. The number of hydrogen-bond donors (Lipinski definition) is 1. The first kappa shape index (κ1) is 65.2. The van der Waals surface area contributed by atoms with Crippen LogP contribution in [0.4, 0.5) is 0 Å². The molecule has 1 amide bonds. The number of nitrogens with zero attached hydrogens (tertiary/aromatic N) is 1. The molecule has 0 radical (unpaired) electrons. The van der Waals surface area contributed by atoms with Gasteiger partial charge in [0.25, 0.3) is 7.82 Å². The van der Waals surface area contributed by atoms with Crippen molar-refractivity contribution in [1.29, 1.82) is 0 Å². The third kappa shape index (κ3) is 49.0. The van der Waals surface area contributed by atoms with Crippen LogP contribution in [-0.2, 0) is 27.9 Å². The van der Waals surface area contributed by atoms with Gasteiger partial charge in [-0.1, -0.05) is 231 Å². The van der Waals surface area contributed by atoms with E-state index in [-0.39, 0.29) is 31.5 Å². The molecule has 3 unspecified atom stereocenters. The van der Waals surface area contributed by atoms with Crippen LogP contribution in [0.15, 0.2) is 36.5 Å². The molecule has 0 aliphatic rings. The molecule has 0 heterocycles. The number of phosphoric ester groups is 1. The smallest absolute Gasteiger partial charge is 0.306 e. The monoisotopic (exact) mass is 965 g/mol. The van der Waals surface area contributed by atoms with Crippen molar-refractivity contribution >= 4 is 19.7 Å². The number of likely N-dealkylation sites (N-methyl/N-ethyl adjacent to an activating group) is 1. The molecule has 0 aromatic carbocycles. The standard InChI is InChI=1S/C57H109N2O7P/c1-7-10-13-16-19-22-25-28-29-32-34-37-40-43-46-49-56(60)58-54(53-65-67(62,63)64-52-51-59(4,5)6)55(48-45-42-39-36-33-30-26-23-20-17-14-11-8-2)66-57(61)50-47-44-41-38-35-31-27-24-21-18-15-12-9-3/h19,22,25,28,45,48,54-55H,7-18,20-21,23-24,26-27,29-44,46-47,49-53H2,1-6H3,(H-,58,60,62,63)/b22-19+,28-25+,48-45+. The summed E-state index contributed by atoms with van der Waals surface area (Å²) < 4.78 is 30.2. The second kappa shape index (κ2) is 47.9. The molecule has 0 aromatic rings. The summed E-state index contributed by atoms with van der Waals surface area (Å²) in [5.74, 6) is -0.546. The molecule has 0 fully saturated rings. The highest BCUT2D eigenvalue weighted by Crippen LogP contribution is 2.38. The SMILES string of the molecule is CCCCC/C=C/C=C/CCCCCCCCC(=O)NC(COP(=O)([O-])OCC[N+](C)(C)C)C(/C=C/CCCCCCCCCCCCC)OC(=O)CCCCCCCCCCCCCCC. The lowest BCUT2D eigenvalue weighted by atomic mass is 10.0. The maximum Gasteiger partial charge on any atom is 0.306 e. The van der Waals surface area contributed by atoms with Crippen LogP contribution >= 0.6 is 7.82 Å². The molecule has 0 aliphatic carbocycles. The average Bonchev–Trinajstić information content (AvgIpc) is 3.28. The van der Waals surface area contributed by atoms with Gasteiger partial charge in [0.15, 0.2) is 0 Å². The Balaban J connectivity index is 5.40. The molecule has 0 spiro atoms. The van der Waals surface area contributed by atoms with Crippen LogP contribution in [0.1, 0.15) is 265 Å². The summed E-state index contributed by atoms with van der Waals surface area (Å²) in [4.78, 5) is 39.8. The Bertz CT molecular complexity index is 1250. The zero-order valence-electron chi connectivity index (χ0n) is 44.9. The van der Waals surface area contributed by atoms with Gasteiger partial charge < -0.3 is 28.5 Å². The van der Waals surface area contributed by atoms with E-state index in [0.29, 0.717) is 17.4 Å². The summed E-state index contributed by atoms with van der Waals surface area (Å²) in [7, 11) is 1.18. The first-order valence-electron chi connectivity index (χ1n) is 28.3. The molecule has 0 aromatic heterocycles. The van der Waals surface area contributed by atoms with Gasteiger partial charge in [0.2, 0.25) is 5.91 Å². The van der Waals surface area contributed by atoms with Crippen LogP contribution in [0.2, 0.25) is 0 Å². The lowest BCUT2D eigenvalue weighted by molar-refractivity contribution is -0.870. The van der Waals surface area contributed by atoms with Gasteiger partial charge in [-0.25, -0.2) is 0 Å². The fourth-order valence-corrected chi connectivity index (χ4v) is 8.88. The minimum atomic E-state index is -4.69. The van der Waals surface area contributed by atoms with Crippen molar-refractivity contribution in [3.8, 4) is 0 Å². The third-order valence-electron chi connectivity index (χ3n) is 12.6. The first-order chi connectivity index (χ1) is 32.4. The van der Waals surface area contributed by atoms with Gasteiger partial charge in [0.05, 0.1) is 33.8 Å². The summed E-state index contributed by atoms with van der Waals surface area (Å²) in [6, 6.07) is -0.889. The Morgan fingerprint density at radius 3 is 1.34 bits per heavy atom. The van der Waals surface area contributed by atoms with Gasteiger partial charge in [-0.15, -0.1) is 0 Å². The number of hydrogen-bond acceptors (Lipinski definition) is 7. The predicted molar refractivity (Wildman–Crippen MR) is 284 cm³/mol. The van der Waals surface area contributed by atoms with Gasteiger partial charge in [0, 0.05) is 12.8 Å². The number of allylic oxidation sites excluding steroid dienone is 5. The van der Waals surface area contributed by atoms with Crippen molar-refractivity contribution in [1.82, 2.24) is 5.32 Å². The number of rotatable bonds is 51. The van der Waals surface area contributed by atoms with Crippen LogP contribution in [0.3, 0.4) is 0 Å². The molecule has 0 bridgehead atoms. The number of esters is 1. The lowest BCUT2D eigenvalue weighted by Crippen LogP contribution is -2.47. The summed E-state index contributed by atoms with van der Waals surface area (Å²) in [6.45, 7) is 6.81. The van der Waals surface area contributed by atoms with Gasteiger partial charge >= 0.3 is 5.97 Å².